The maximum Gasteiger partial charge on any atom is 0.0224 e. The molecule has 1 saturated carbocycles. The molecule has 4 unspecified atom stereocenters. The zero-order chi connectivity index (χ0) is 6.43. The number of piperidine rings is 1. The Hall–Kier alpha value is -0.0800. The summed E-state index contributed by atoms with van der Waals surface area (Å²) in [6.45, 7) is 2.26. The van der Waals surface area contributed by atoms with Crippen molar-refractivity contribution in [1.29, 1.82) is 0 Å². The van der Waals surface area contributed by atoms with Gasteiger partial charge < -0.3 is 11.1 Å². The van der Waals surface area contributed by atoms with Gasteiger partial charge in [0.1, 0.15) is 0 Å². The van der Waals surface area contributed by atoms with Crippen LogP contribution in [0.3, 0.4) is 0 Å². The second kappa shape index (κ2) is 1.70. The third-order valence-electron chi connectivity index (χ3n) is 2.83. The van der Waals surface area contributed by atoms with Gasteiger partial charge in [-0.15, -0.1) is 0 Å². The van der Waals surface area contributed by atoms with Crippen molar-refractivity contribution in [2.24, 2.45) is 11.7 Å². The van der Waals surface area contributed by atoms with Crippen LogP contribution in [0.2, 0.25) is 0 Å². The molecule has 52 valence electrons. The van der Waals surface area contributed by atoms with E-state index in [4.69, 9.17) is 5.73 Å². The molecule has 0 radical (unpaired) electrons. The predicted octanol–water partition coefficient (Wildman–Crippen LogP) is 0.0840. The van der Waals surface area contributed by atoms with Gasteiger partial charge in [-0.25, -0.2) is 0 Å². The number of nitrogens with one attached hydrogen (secondary N) is 1. The summed E-state index contributed by atoms with van der Waals surface area (Å²) in [6, 6.07) is 1.82. The van der Waals surface area contributed by atoms with E-state index in [9.17, 15) is 0 Å². The van der Waals surface area contributed by atoms with E-state index in [0.29, 0.717) is 12.1 Å². The van der Waals surface area contributed by atoms with Crippen LogP contribution in [0.4, 0.5) is 0 Å². The highest BCUT2D eigenvalue weighted by molar-refractivity contribution is 5.01. The monoisotopic (exact) mass is 126 g/mol. The fourth-order valence-electron chi connectivity index (χ4n) is 2.18. The average Bonchev–Trinajstić information content (AvgIpc) is 2.24. The fraction of sp³-hybridized carbons (Fsp3) is 1.00. The zero-order valence-electron chi connectivity index (χ0n) is 5.80. The first-order valence-electron chi connectivity index (χ1n) is 3.79. The summed E-state index contributed by atoms with van der Waals surface area (Å²) in [5, 5.41) is 3.48. The third kappa shape index (κ3) is 0.700. The van der Waals surface area contributed by atoms with Crippen LogP contribution in [-0.2, 0) is 0 Å². The highest BCUT2D eigenvalue weighted by Crippen LogP contribution is 2.33. The first-order chi connectivity index (χ1) is 4.27. The summed E-state index contributed by atoms with van der Waals surface area (Å²) in [5.74, 6) is 0.880. The van der Waals surface area contributed by atoms with Crippen LogP contribution < -0.4 is 11.1 Å². The van der Waals surface area contributed by atoms with Crippen LogP contribution in [-0.4, -0.2) is 18.1 Å². The van der Waals surface area contributed by atoms with Crippen molar-refractivity contribution in [2.75, 3.05) is 0 Å². The van der Waals surface area contributed by atoms with Gasteiger partial charge >= 0.3 is 0 Å². The van der Waals surface area contributed by atoms with E-state index in [1.54, 1.807) is 0 Å². The van der Waals surface area contributed by atoms with E-state index in [2.05, 4.69) is 12.2 Å². The predicted molar refractivity (Wildman–Crippen MR) is 37.1 cm³/mol. The van der Waals surface area contributed by atoms with Crippen molar-refractivity contribution in [3.05, 3.63) is 0 Å². The van der Waals surface area contributed by atoms with Crippen LogP contribution in [0.5, 0.6) is 0 Å². The first kappa shape index (κ1) is 5.69. The maximum atomic E-state index is 5.82. The minimum absolute atomic E-state index is 0.450. The van der Waals surface area contributed by atoms with Gasteiger partial charge in [-0.3, -0.25) is 0 Å². The lowest BCUT2D eigenvalue weighted by atomic mass is 10.0. The smallest absolute Gasteiger partial charge is 0.0224 e. The summed E-state index contributed by atoms with van der Waals surface area (Å²) in [6.07, 6.45) is 2.57. The van der Waals surface area contributed by atoms with E-state index in [-0.39, 0.29) is 0 Å². The third-order valence-corrected chi connectivity index (χ3v) is 2.83. The molecule has 2 rings (SSSR count). The second-order valence-electron chi connectivity index (χ2n) is 3.46. The summed E-state index contributed by atoms with van der Waals surface area (Å²) >= 11 is 0. The van der Waals surface area contributed by atoms with Gasteiger partial charge in [0.2, 0.25) is 0 Å². The number of fused-ring (bicyclic) bond motifs is 2. The van der Waals surface area contributed by atoms with E-state index in [0.717, 1.165) is 12.0 Å². The second-order valence-corrected chi connectivity index (χ2v) is 3.46. The molecule has 0 aromatic rings. The molecule has 2 bridgehead atoms. The van der Waals surface area contributed by atoms with Crippen molar-refractivity contribution in [3.8, 4) is 0 Å². The lowest BCUT2D eigenvalue weighted by Crippen LogP contribution is -2.46. The van der Waals surface area contributed by atoms with Crippen LogP contribution in [0.1, 0.15) is 19.8 Å². The topological polar surface area (TPSA) is 38.0 Å². The van der Waals surface area contributed by atoms with Crippen molar-refractivity contribution < 1.29 is 0 Å². The molecule has 1 heterocycles. The lowest BCUT2D eigenvalue weighted by molar-refractivity contribution is 0.370. The first-order valence-corrected chi connectivity index (χ1v) is 3.79. The molecule has 3 N–H and O–H groups in total. The molecule has 1 aliphatic carbocycles. The Morgan fingerprint density at radius 3 is 2.56 bits per heavy atom. The van der Waals surface area contributed by atoms with Gasteiger partial charge in [0.05, 0.1) is 0 Å². The SMILES string of the molecule is CC1NC2CC1CC2N. The Balaban J connectivity index is 2.10. The van der Waals surface area contributed by atoms with E-state index in [1.165, 1.54) is 12.8 Å². The summed E-state index contributed by atoms with van der Waals surface area (Å²) in [7, 11) is 0. The molecule has 0 spiro atoms. The summed E-state index contributed by atoms with van der Waals surface area (Å²) in [4.78, 5) is 0. The zero-order valence-corrected chi connectivity index (χ0v) is 5.80. The molecule has 1 aliphatic heterocycles. The molecule has 0 aromatic carbocycles. The molecule has 2 heteroatoms. The Morgan fingerprint density at radius 2 is 2.22 bits per heavy atom. The highest BCUT2D eigenvalue weighted by atomic mass is 15.1. The van der Waals surface area contributed by atoms with Gasteiger partial charge in [-0.05, 0) is 25.7 Å². The number of hydrogen-bond donors (Lipinski definition) is 2. The molecular formula is C7H14N2. The van der Waals surface area contributed by atoms with Crippen molar-refractivity contribution >= 4 is 0 Å². The van der Waals surface area contributed by atoms with Gasteiger partial charge in [-0.1, -0.05) is 0 Å². The summed E-state index contributed by atoms with van der Waals surface area (Å²) in [5.41, 5.74) is 5.82. The van der Waals surface area contributed by atoms with E-state index >= 15 is 0 Å². The van der Waals surface area contributed by atoms with Gasteiger partial charge in [-0.2, -0.15) is 0 Å². The molecule has 4 atom stereocenters. The van der Waals surface area contributed by atoms with Crippen LogP contribution in [0, 0.1) is 5.92 Å². The van der Waals surface area contributed by atoms with Crippen molar-refractivity contribution in [3.63, 3.8) is 0 Å². The Kier molecular flexibility index (Phi) is 1.08. The van der Waals surface area contributed by atoms with E-state index in [1.807, 2.05) is 0 Å². The molecule has 2 nitrogen and oxygen atoms in total. The van der Waals surface area contributed by atoms with Crippen molar-refractivity contribution in [1.82, 2.24) is 5.32 Å². The average molecular weight is 126 g/mol. The Morgan fingerprint density at radius 1 is 1.44 bits per heavy atom. The Bertz CT molecular complexity index is 106. The maximum absolute atomic E-state index is 5.82. The largest absolute Gasteiger partial charge is 0.326 e. The fourth-order valence-corrected chi connectivity index (χ4v) is 2.18. The molecule has 0 aromatic heterocycles. The molecule has 0 amide bonds. The molecule has 1 saturated heterocycles. The van der Waals surface area contributed by atoms with E-state index < -0.39 is 0 Å². The molecule has 2 aliphatic rings. The minimum Gasteiger partial charge on any atom is -0.326 e. The molecule has 9 heavy (non-hydrogen) atoms. The highest BCUT2D eigenvalue weighted by Gasteiger charge is 2.41. The van der Waals surface area contributed by atoms with Gasteiger partial charge in [0.25, 0.3) is 0 Å². The number of rotatable bonds is 0. The minimum atomic E-state index is 0.450. The normalized spacial score (nSPS) is 56.7. The van der Waals surface area contributed by atoms with Crippen LogP contribution >= 0.6 is 0 Å². The standard InChI is InChI=1S/C7H14N2/c1-4-5-2-6(8)7(3-5)9-4/h4-7,9H,2-3,8H2,1H3. The van der Waals surface area contributed by atoms with Crippen LogP contribution in [0.25, 0.3) is 0 Å². The summed E-state index contributed by atoms with van der Waals surface area (Å²) < 4.78 is 0. The van der Waals surface area contributed by atoms with Crippen LogP contribution in [0.15, 0.2) is 0 Å². The number of hydrogen-bond acceptors (Lipinski definition) is 2. The molecular weight excluding hydrogens is 112 g/mol. The van der Waals surface area contributed by atoms with Crippen molar-refractivity contribution in [2.45, 2.75) is 37.9 Å². The molecule has 2 fully saturated rings. The Labute approximate surface area is 55.8 Å². The van der Waals surface area contributed by atoms with Gasteiger partial charge in [0, 0.05) is 18.1 Å². The van der Waals surface area contributed by atoms with Gasteiger partial charge in [0.15, 0.2) is 0 Å². The quantitative estimate of drug-likeness (QED) is 0.482. The number of nitrogens with two attached hydrogens (primary N) is 1. The lowest BCUT2D eigenvalue weighted by Gasteiger charge is -2.23.